The maximum absolute atomic E-state index is 9.91. The Kier molecular flexibility index (Phi) is 5.07. The van der Waals surface area contributed by atoms with Crippen LogP contribution in [0.25, 0.3) is 0 Å². The van der Waals surface area contributed by atoms with Gasteiger partial charge < -0.3 is 9.84 Å². The zero-order valence-corrected chi connectivity index (χ0v) is 16.8. The Balaban J connectivity index is 1.54. The van der Waals surface area contributed by atoms with Crippen molar-refractivity contribution in [2.75, 3.05) is 13.2 Å². The van der Waals surface area contributed by atoms with E-state index in [-0.39, 0.29) is 0 Å². The molecule has 3 unspecified atom stereocenters. The van der Waals surface area contributed by atoms with Crippen molar-refractivity contribution in [2.45, 2.75) is 71.6 Å². The summed E-state index contributed by atoms with van der Waals surface area (Å²) >= 11 is 0. The van der Waals surface area contributed by atoms with Crippen LogP contribution in [0.3, 0.4) is 0 Å². The Morgan fingerprint density at radius 3 is 2.85 bits per heavy atom. The number of phenolic OH excluding ortho intramolecular Hbond substituents is 1. The summed E-state index contributed by atoms with van der Waals surface area (Å²) < 4.78 is 5.83. The average Bonchev–Trinajstić information content (AvgIpc) is 2.95. The Hall–Kier alpha value is -1.02. The van der Waals surface area contributed by atoms with Gasteiger partial charge in [0.1, 0.15) is 5.75 Å². The van der Waals surface area contributed by atoms with E-state index >= 15 is 0 Å². The third-order valence-electron chi connectivity index (χ3n) is 8.21. The van der Waals surface area contributed by atoms with E-state index in [4.69, 9.17) is 4.74 Å². The van der Waals surface area contributed by atoms with Gasteiger partial charge in [0.25, 0.3) is 0 Å². The first-order valence-electron chi connectivity index (χ1n) is 10.9. The van der Waals surface area contributed by atoms with Crippen molar-refractivity contribution in [2.24, 2.45) is 29.1 Å². The van der Waals surface area contributed by atoms with Gasteiger partial charge in [-0.3, -0.25) is 0 Å². The SMILES string of the molecule is CCCOCC[C@H]1CCC2C3C(CC[C@@]21C)c1ccc(O)cc1C[C@H]3C. The van der Waals surface area contributed by atoms with Gasteiger partial charge in [-0.25, -0.2) is 0 Å². The number of benzene rings is 1. The monoisotopic (exact) mass is 356 g/mol. The van der Waals surface area contributed by atoms with E-state index in [0.717, 1.165) is 49.7 Å². The maximum Gasteiger partial charge on any atom is 0.115 e. The van der Waals surface area contributed by atoms with Gasteiger partial charge in [0.2, 0.25) is 0 Å². The molecule has 0 spiro atoms. The van der Waals surface area contributed by atoms with Gasteiger partial charge in [-0.2, -0.15) is 0 Å². The van der Waals surface area contributed by atoms with Gasteiger partial charge in [0.05, 0.1) is 0 Å². The van der Waals surface area contributed by atoms with Crippen molar-refractivity contribution < 1.29 is 9.84 Å². The van der Waals surface area contributed by atoms with E-state index in [9.17, 15) is 5.11 Å². The molecule has 1 N–H and O–H groups in total. The second-order valence-corrected chi connectivity index (χ2v) is 9.57. The van der Waals surface area contributed by atoms with Crippen molar-refractivity contribution in [3.05, 3.63) is 29.3 Å². The summed E-state index contributed by atoms with van der Waals surface area (Å²) in [6, 6.07) is 6.16. The van der Waals surface area contributed by atoms with Crippen LogP contribution in [0.5, 0.6) is 5.75 Å². The van der Waals surface area contributed by atoms with Gasteiger partial charge in [-0.15, -0.1) is 0 Å². The van der Waals surface area contributed by atoms with E-state index < -0.39 is 0 Å². The van der Waals surface area contributed by atoms with Crippen LogP contribution in [0, 0.1) is 29.1 Å². The molecule has 26 heavy (non-hydrogen) atoms. The van der Waals surface area contributed by atoms with E-state index in [1.54, 1.807) is 5.56 Å². The van der Waals surface area contributed by atoms with Gasteiger partial charge >= 0.3 is 0 Å². The molecule has 0 aromatic heterocycles. The van der Waals surface area contributed by atoms with E-state index in [1.165, 1.54) is 37.7 Å². The number of hydrogen-bond donors (Lipinski definition) is 1. The molecule has 0 saturated heterocycles. The lowest BCUT2D eigenvalue weighted by Gasteiger charge is -2.53. The second-order valence-electron chi connectivity index (χ2n) is 9.57. The van der Waals surface area contributed by atoms with Crippen molar-refractivity contribution >= 4 is 0 Å². The summed E-state index contributed by atoms with van der Waals surface area (Å²) in [5.41, 5.74) is 3.46. The molecule has 2 saturated carbocycles. The summed E-state index contributed by atoms with van der Waals surface area (Å²) in [4.78, 5) is 0. The van der Waals surface area contributed by atoms with Crippen LogP contribution in [0.15, 0.2) is 18.2 Å². The standard InChI is InChI=1S/C24H36O2/c1-4-12-26-13-10-18-5-8-22-23-16(2)14-17-15-19(25)6-7-20(17)21(23)9-11-24(18,22)3/h6-7,15-16,18,21-23,25H,4-5,8-14H2,1-3H3/t16-,18-,21?,22?,23?,24-/m1/s1. The molecule has 6 atom stereocenters. The molecule has 1 aromatic rings. The quantitative estimate of drug-likeness (QED) is 0.663. The molecule has 0 radical (unpaired) electrons. The second kappa shape index (κ2) is 7.19. The fourth-order valence-electron chi connectivity index (χ4n) is 7.02. The lowest BCUT2D eigenvalue weighted by molar-refractivity contribution is -0.00423. The molecule has 0 heterocycles. The van der Waals surface area contributed by atoms with Crippen LogP contribution < -0.4 is 0 Å². The summed E-state index contributed by atoms with van der Waals surface area (Å²) in [5, 5.41) is 9.91. The predicted molar refractivity (Wildman–Crippen MR) is 106 cm³/mol. The van der Waals surface area contributed by atoms with Crippen molar-refractivity contribution in [1.82, 2.24) is 0 Å². The Morgan fingerprint density at radius 1 is 1.19 bits per heavy atom. The molecular weight excluding hydrogens is 320 g/mol. The van der Waals surface area contributed by atoms with Crippen molar-refractivity contribution in [1.29, 1.82) is 0 Å². The smallest absolute Gasteiger partial charge is 0.115 e. The summed E-state index contributed by atoms with van der Waals surface area (Å²) in [6.07, 6.45) is 9.02. The summed E-state index contributed by atoms with van der Waals surface area (Å²) in [6.45, 7) is 9.12. The fourth-order valence-corrected chi connectivity index (χ4v) is 7.02. The fraction of sp³-hybridized carbons (Fsp3) is 0.750. The molecule has 0 amide bonds. The topological polar surface area (TPSA) is 29.5 Å². The van der Waals surface area contributed by atoms with Crippen LogP contribution >= 0.6 is 0 Å². The molecule has 144 valence electrons. The number of fused-ring (bicyclic) bond motifs is 5. The van der Waals surface area contributed by atoms with E-state index in [2.05, 4.69) is 26.8 Å². The van der Waals surface area contributed by atoms with Crippen LogP contribution in [-0.4, -0.2) is 18.3 Å². The van der Waals surface area contributed by atoms with Gasteiger partial charge in [0.15, 0.2) is 0 Å². The van der Waals surface area contributed by atoms with E-state index in [1.807, 2.05) is 12.1 Å². The lowest BCUT2D eigenvalue weighted by atomic mass is 9.51. The summed E-state index contributed by atoms with van der Waals surface area (Å²) in [7, 11) is 0. The van der Waals surface area contributed by atoms with Gasteiger partial charge in [-0.1, -0.05) is 26.8 Å². The predicted octanol–water partition coefficient (Wildman–Crippen LogP) is 5.93. The first-order chi connectivity index (χ1) is 12.5. The zero-order chi connectivity index (χ0) is 18.3. The van der Waals surface area contributed by atoms with Crippen LogP contribution in [0.4, 0.5) is 0 Å². The average molecular weight is 357 g/mol. The van der Waals surface area contributed by atoms with Crippen LogP contribution in [0.1, 0.15) is 76.3 Å². The van der Waals surface area contributed by atoms with Crippen molar-refractivity contribution in [3.8, 4) is 5.75 Å². The minimum atomic E-state index is 0.433. The van der Waals surface area contributed by atoms with Crippen molar-refractivity contribution in [3.63, 3.8) is 0 Å². The molecule has 3 aliphatic rings. The zero-order valence-electron chi connectivity index (χ0n) is 16.8. The minimum Gasteiger partial charge on any atom is -0.508 e. The molecule has 4 rings (SSSR count). The molecule has 2 nitrogen and oxygen atoms in total. The highest BCUT2D eigenvalue weighted by molar-refractivity contribution is 5.40. The number of hydrogen-bond acceptors (Lipinski definition) is 2. The largest absolute Gasteiger partial charge is 0.508 e. The molecule has 0 bridgehead atoms. The highest BCUT2D eigenvalue weighted by Crippen LogP contribution is 2.64. The van der Waals surface area contributed by atoms with Crippen LogP contribution in [0.2, 0.25) is 0 Å². The third-order valence-corrected chi connectivity index (χ3v) is 8.21. The van der Waals surface area contributed by atoms with Gasteiger partial charge in [-0.05, 0) is 103 Å². The number of rotatable bonds is 5. The molecule has 3 aliphatic carbocycles. The first kappa shape index (κ1) is 18.3. The van der Waals surface area contributed by atoms with E-state index in [0.29, 0.717) is 17.1 Å². The normalized spacial score (nSPS) is 38.5. The minimum absolute atomic E-state index is 0.433. The lowest BCUT2D eigenvalue weighted by Crippen LogP contribution is -2.45. The molecule has 2 fully saturated rings. The summed E-state index contributed by atoms with van der Waals surface area (Å²) in [5.74, 6) is 4.42. The van der Waals surface area contributed by atoms with Gasteiger partial charge in [0, 0.05) is 13.2 Å². The highest BCUT2D eigenvalue weighted by Gasteiger charge is 2.55. The maximum atomic E-state index is 9.91. The Bertz CT molecular complexity index is 639. The Labute approximate surface area is 159 Å². The number of aromatic hydroxyl groups is 1. The molecule has 2 heteroatoms. The number of ether oxygens (including phenoxy) is 1. The molecular formula is C24H36O2. The molecule has 1 aromatic carbocycles. The highest BCUT2D eigenvalue weighted by atomic mass is 16.5. The number of phenols is 1. The first-order valence-corrected chi connectivity index (χ1v) is 10.9. The third kappa shape index (κ3) is 2.99. The molecule has 0 aliphatic heterocycles. The van der Waals surface area contributed by atoms with Crippen LogP contribution in [-0.2, 0) is 11.2 Å². The Morgan fingerprint density at radius 2 is 2.04 bits per heavy atom.